The Morgan fingerprint density at radius 1 is 1.06 bits per heavy atom. The van der Waals surface area contributed by atoms with Crippen LogP contribution in [0.5, 0.6) is 11.5 Å². The van der Waals surface area contributed by atoms with Crippen LogP contribution in [0.25, 0.3) is 17.0 Å². The molecular weight excluding hydrogens is 468 g/mol. The van der Waals surface area contributed by atoms with Crippen LogP contribution in [0, 0.1) is 0 Å². The van der Waals surface area contributed by atoms with E-state index in [1.807, 2.05) is 0 Å². The van der Waals surface area contributed by atoms with Crippen LogP contribution in [-0.2, 0) is 19.9 Å². The first kappa shape index (κ1) is 24.8. The molecule has 0 saturated carbocycles. The summed E-state index contributed by atoms with van der Waals surface area (Å²) in [6, 6.07) is 4.76. The fourth-order valence-corrected chi connectivity index (χ4v) is 5.55. The number of hydrogen-bond acceptors (Lipinski definition) is 8. The van der Waals surface area contributed by atoms with Crippen LogP contribution >= 0.6 is 0 Å². The summed E-state index contributed by atoms with van der Waals surface area (Å²) < 4.78 is 64.5. The Balaban J connectivity index is 2.21. The van der Waals surface area contributed by atoms with Gasteiger partial charge >= 0.3 is 0 Å². The minimum atomic E-state index is -3.74. The molecule has 0 aliphatic carbocycles. The maximum absolute atomic E-state index is 13.2. The Hall–Kier alpha value is -2.86. The van der Waals surface area contributed by atoms with E-state index in [1.54, 1.807) is 44.2 Å². The zero-order valence-electron chi connectivity index (χ0n) is 19.4. The van der Waals surface area contributed by atoms with Crippen molar-refractivity contribution >= 4 is 31.3 Å². The smallest absolute Gasteiger partial charge is 0.233 e. The second-order valence-electron chi connectivity index (χ2n) is 8.36. The highest BCUT2D eigenvalue weighted by Crippen LogP contribution is 2.35. The summed E-state index contributed by atoms with van der Waals surface area (Å²) in [5.41, 5.74) is 1.29. The van der Waals surface area contributed by atoms with Crippen LogP contribution in [-0.4, -0.2) is 55.9 Å². The van der Waals surface area contributed by atoms with Gasteiger partial charge < -0.3 is 9.47 Å². The van der Waals surface area contributed by atoms with Crippen molar-refractivity contribution in [3.63, 3.8) is 0 Å². The normalized spacial score (nSPS) is 12.7. The summed E-state index contributed by atoms with van der Waals surface area (Å²) in [5.74, 6) is 0.413. The van der Waals surface area contributed by atoms with Gasteiger partial charge in [0.15, 0.2) is 21.4 Å². The molecule has 10 nitrogen and oxygen atoms in total. The van der Waals surface area contributed by atoms with E-state index in [9.17, 15) is 16.8 Å². The van der Waals surface area contributed by atoms with Gasteiger partial charge in [0.05, 0.1) is 42.3 Å². The van der Waals surface area contributed by atoms with E-state index in [1.165, 1.54) is 32.7 Å². The number of methoxy groups -OCH3 is 2. The number of sulfonamides is 1. The molecule has 3 heterocycles. The van der Waals surface area contributed by atoms with Gasteiger partial charge in [0.2, 0.25) is 10.0 Å². The lowest BCUT2D eigenvalue weighted by atomic mass is 10.2. The largest absolute Gasteiger partial charge is 0.495 e. The molecule has 0 amide bonds. The van der Waals surface area contributed by atoms with E-state index in [0.29, 0.717) is 23.5 Å². The highest BCUT2D eigenvalue weighted by Gasteiger charge is 2.34. The molecule has 0 spiro atoms. The minimum absolute atomic E-state index is 0.0154. The summed E-state index contributed by atoms with van der Waals surface area (Å²) in [5, 5.41) is 0. The Morgan fingerprint density at radius 2 is 1.73 bits per heavy atom. The maximum Gasteiger partial charge on any atom is 0.233 e. The van der Waals surface area contributed by atoms with Gasteiger partial charge in [0.1, 0.15) is 16.3 Å². The van der Waals surface area contributed by atoms with E-state index >= 15 is 0 Å². The molecule has 3 aromatic heterocycles. The van der Waals surface area contributed by atoms with Crippen molar-refractivity contribution in [3.05, 3.63) is 30.6 Å². The highest BCUT2D eigenvalue weighted by molar-refractivity contribution is 7.93. The lowest BCUT2D eigenvalue weighted by molar-refractivity contribution is 0.401. The first-order chi connectivity index (χ1) is 15.3. The molecule has 0 aromatic carbocycles. The number of imidazole rings is 1. The Morgan fingerprint density at radius 3 is 2.30 bits per heavy atom. The number of nitrogens with one attached hydrogen (secondary N) is 1. The van der Waals surface area contributed by atoms with Gasteiger partial charge in [-0.2, -0.15) is 0 Å². The van der Waals surface area contributed by atoms with Gasteiger partial charge in [-0.3, -0.25) is 9.12 Å². The average Bonchev–Trinajstić information content (AvgIpc) is 3.14. The fourth-order valence-electron chi connectivity index (χ4n) is 3.16. The molecule has 1 N–H and O–H groups in total. The topological polar surface area (TPSA) is 129 Å². The molecule has 0 atom stereocenters. The zero-order chi connectivity index (χ0) is 24.6. The number of anilines is 1. The van der Waals surface area contributed by atoms with Crippen molar-refractivity contribution in [2.24, 2.45) is 0 Å². The Bertz CT molecular complexity index is 1390. The van der Waals surface area contributed by atoms with Crippen molar-refractivity contribution in [2.45, 2.75) is 43.8 Å². The summed E-state index contributed by atoms with van der Waals surface area (Å²) >= 11 is 0. The van der Waals surface area contributed by atoms with Crippen LogP contribution in [0.4, 0.5) is 5.82 Å². The first-order valence-corrected chi connectivity index (χ1v) is 13.3. The summed E-state index contributed by atoms with van der Waals surface area (Å²) in [7, 11) is -4.53. The number of pyridine rings is 2. The van der Waals surface area contributed by atoms with Crippen LogP contribution in [0.3, 0.4) is 0 Å². The molecule has 0 aliphatic rings. The number of rotatable bonds is 8. The van der Waals surface area contributed by atoms with Crippen LogP contribution in [0.2, 0.25) is 0 Å². The molecule has 0 bridgehead atoms. The van der Waals surface area contributed by atoms with E-state index in [2.05, 4.69) is 14.7 Å². The van der Waals surface area contributed by atoms with Gasteiger partial charge in [-0.25, -0.2) is 26.8 Å². The van der Waals surface area contributed by atoms with Crippen molar-refractivity contribution in [3.8, 4) is 22.9 Å². The van der Waals surface area contributed by atoms with Gasteiger partial charge in [0.25, 0.3) is 0 Å². The third kappa shape index (κ3) is 4.76. The molecule has 0 aliphatic heterocycles. The quantitative estimate of drug-likeness (QED) is 0.504. The number of ether oxygens (including phenoxy) is 2. The summed E-state index contributed by atoms with van der Waals surface area (Å²) in [6.07, 6.45) is 3.42. The van der Waals surface area contributed by atoms with Gasteiger partial charge in [-0.05, 0) is 39.3 Å². The lowest BCUT2D eigenvalue weighted by Gasteiger charge is -2.21. The second-order valence-corrected chi connectivity index (χ2v) is 12.9. The lowest BCUT2D eigenvalue weighted by Crippen LogP contribution is -2.28. The molecule has 33 heavy (non-hydrogen) atoms. The molecule has 0 radical (unpaired) electrons. The number of aromatic nitrogens is 3. The van der Waals surface area contributed by atoms with E-state index in [4.69, 9.17) is 9.47 Å². The Kier molecular flexibility index (Phi) is 6.62. The van der Waals surface area contributed by atoms with Crippen molar-refractivity contribution in [1.82, 2.24) is 14.4 Å². The van der Waals surface area contributed by atoms with Gasteiger partial charge in [-0.15, -0.1) is 0 Å². The standard InChI is InChI=1S/C21H28N4O6S2/c1-7-10-32(26,27)24-20-16(30-5)9-8-14(23-20)15-12-22-19-11-17(31-6)18(13-25(15)19)33(28,29)21(2,3)4/h8-9,11-13H,7,10H2,1-6H3,(H,23,24). The number of hydrogen-bond donors (Lipinski definition) is 1. The Labute approximate surface area is 193 Å². The van der Waals surface area contributed by atoms with Crippen LogP contribution in [0.15, 0.2) is 35.5 Å². The number of sulfone groups is 1. The number of nitrogens with zero attached hydrogens (tertiary/aromatic N) is 3. The predicted molar refractivity (Wildman–Crippen MR) is 126 cm³/mol. The molecule has 3 aromatic rings. The molecular formula is C21H28N4O6S2. The fraction of sp³-hybridized carbons (Fsp3) is 0.429. The van der Waals surface area contributed by atoms with Crippen LogP contribution < -0.4 is 14.2 Å². The molecule has 0 fully saturated rings. The average molecular weight is 497 g/mol. The molecule has 3 rings (SSSR count). The third-order valence-corrected chi connectivity index (χ3v) is 8.90. The minimum Gasteiger partial charge on any atom is -0.495 e. The van der Waals surface area contributed by atoms with Gasteiger partial charge in [0, 0.05) is 12.3 Å². The predicted octanol–water partition coefficient (Wildman–Crippen LogP) is 3.14. The molecule has 12 heteroatoms. The third-order valence-electron chi connectivity index (χ3n) is 4.96. The van der Waals surface area contributed by atoms with Gasteiger partial charge in [-0.1, -0.05) is 6.92 Å². The van der Waals surface area contributed by atoms with Crippen molar-refractivity contribution < 1.29 is 26.3 Å². The molecule has 0 unspecified atom stereocenters. The SMILES string of the molecule is CCCS(=O)(=O)Nc1nc(-c2cnc3cc(OC)c(S(=O)(=O)C(C)(C)C)cn23)ccc1OC. The van der Waals surface area contributed by atoms with E-state index in [0.717, 1.165) is 0 Å². The summed E-state index contributed by atoms with van der Waals surface area (Å²) in [6.45, 7) is 6.59. The van der Waals surface area contributed by atoms with Crippen molar-refractivity contribution in [1.29, 1.82) is 0 Å². The van der Waals surface area contributed by atoms with E-state index in [-0.39, 0.29) is 28.0 Å². The first-order valence-electron chi connectivity index (χ1n) is 10.2. The monoisotopic (exact) mass is 496 g/mol. The molecule has 180 valence electrons. The van der Waals surface area contributed by atoms with Crippen LogP contribution in [0.1, 0.15) is 34.1 Å². The zero-order valence-corrected chi connectivity index (χ0v) is 21.0. The van der Waals surface area contributed by atoms with E-state index < -0.39 is 24.6 Å². The maximum atomic E-state index is 13.2. The second kappa shape index (κ2) is 8.82. The summed E-state index contributed by atoms with van der Waals surface area (Å²) in [4.78, 5) is 8.79. The number of fused-ring (bicyclic) bond motifs is 1. The highest BCUT2D eigenvalue weighted by atomic mass is 32.2. The molecule has 0 saturated heterocycles. The van der Waals surface area contributed by atoms with Crippen molar-refractivity contribution in [2.75, 3.05) is 24.7 Å².